The Kier molecular flexibility index (Phi) is 4.55. The summed E-state index contributed by atoms with van der Waals surface area (Å²) in [6, 6.07) is 3.28. The van der Waals surface area contributed by atoms with Crippen molar-refractivity contribution in [1.82, 2.24) is 10.6 Å². The van der Waals surface area contributed by atoms with Crippen LogP contribution in [0.1, 0.15) is 18.0 Å². The molecule has 1 aromatic rings. The number of carbonyl (C=O) groups excluding carboxylic acids is 1. The Labute approximate surface area is 119 Å². The number of alkyl halides is 3. The molecule has 0 bridgehead atoms. The van der Waals surface area contributed by atoms with Crippen molar-refractivity contribution in [1.29, 1.82) is 0 Å². The molecule has 0 aromatic heterocycles. The molecule has 2 atom stereocenters. The Morgan fingerprint density at radius 2 is 2.00 bits per heavy atom. The minimum absolute atomic E-state index is 0.0267. The fraction of sp³-hybridized carbons (Fsp3) is 0.462. The second kappa shape index (κ2) is 6.01. The highest BCUT2D eigenvalue weighted by Crippen LogP contribution is 2.33. The van der Waals surface area contributed by atoms with Crippen molar-refractivity contribution in [2.75, 3.05) is 13.1 Å². The van der Waals surface area contributed by atoms with E-state index < -0.39 is 24.0 Å². The number of nitrogens with one attached hydrogen (secondary N) is 2. The highest BCUT2D eigenvalue weighted by molar-refractivity contribution is 6.30. The third-order valence-corrected chi connectivity index (χ3v) is 3.50. The Balaban J connectivity index is 2.15. The smallest absolute Gasteiger partial charge is 0.341 e. The molecule has 0 spiro atoms. The van der Waals surface area contributed by atoms with Crippen LogP contribution in [0.25, 0.3) is 0 Å². The molecule has 1 heterocycles. The van der Waals surface area contributed by atoms with Crippen LogP contribution in [0, 0.1) is 5.92 Å². The highest BCUT2D eigenvalue weighted by Gasteiger charge is 2.42. The van der Waals surface area contributed by atoms with Crippen molar-refractivity contribution in [2.24, 2.45) is 5.92 Å². The predicted molar refractivity (Wildman–Crippen MR) is 69.4 cm³/mol. The van der Waals surface area contributed by atoms with E-state index in [1.54, 1.807) is 0 Å². The molecule has 0 saturated carbocycles. The zero-order valence-electron chi connectivity index (χ0n) is 10.5. The molecule has 1 fully saturated rings. The number of benzene rings is 1. The molecule has 3 nitrogen and oxygen atoms in total. The zero-order chi connectivity index (χ0) is 14.8. The normalized spacial score (nSPS) is 20.7. The third kappa shape index (κ3) is 3.64. The molecular weight excluding hydrogens is 293 g/mol. The van der Waals surface area contributed by atoms with Crippen molar-refractivity contribution in [2.45, 2.75) is 18.6 Å². The Hall–Kier alpha value is -1.27. The fourth-order valence-electron chi connectivity index (χ4n) is 2.15. The SMILES string of the molecule is O=C(NC(c1ccc(Cl)cc1)C(F)(F)F)C1CCNC1. The van der Waals surface area contributed by atoms with Crippen molar-refractivity contribution in [3.05, 3.63) is 34.9 Å². The van der Waals surface area contributed by atoms with E-state index in [0.717, 1.165) is 0 Å². The Morgan fingerprint density at radius 1 is 1.35 bits per heavy atom. The summed E-state index contributed by atoms with van der Waals surface area (Å²) in [6.45, 7) is 1.06. The first-order chi connectivity index (χ1) is 9.38. The lowest BCUT2D eigenvalue weighted by atomic mass is 10.0. The second-order valence-corrected chi connectivity index (χ2v) is 5.16. The van der Waals surface area contributed by atoms with Crippen LogP contribution in [0.3, 0.4) is 0 Å². The van der Waals surface area contributed by atoms with Gasteiger partial charge in [-0.05, 0) is 30.7 Å². The molecule has 110 valence electrons. The predicted octanol–water partition coefficient (Wildman–Crippen LogP) is 2.67. The molecule has 2 rings (SSSR count). The first kappa shape index (κ1) is 15.1. The van der Waals surface area contributed by atoms with Crippen LogP contribution in [0.2, 0.25) is 5.02 Å². The first-order valence-electron chi connectivity index (χ1n) is 6.21. The van der Waals surface area contributed by atoms with Crippen LogP contribution in [0.15, 0.2) is 24.3 Å². The maximum absolute atomic E-state index is 13.1. The standard InChI is InChI=1S/C13H14ClF3N2O/c14-10-3-1-8(2-4-10)11(13(15,16)17)19-12(20)9-5-6-18-7-9/h1-4,9,11,18H,5-7H2,(H,19,20). The molecule has 2 N–H and O–H groups in total. The minimum atomic E-state index is -4.55. The average Bonchev–Trinajstić information content (AvgIpc) is 2.89. The molecule has 0 aliphatic carbocycles. The summed E-state index contributed by atoms with van der Waals surface area (Å²) >= 11 is 5.66. The maximum Gasteiger partial charge on any atom is 0.412 e. The van der Waals surface area contributed by atoms with E-state index in [1.165, 1.54) is 24.3 Å². The van der Waals surface area contributed by atoms with Crippen LogP contribution in [-0.2, 0) is 4.79 Å². The van der Waals surface area contributed by atoms with Gasteiger partial charge in [0.05, 0.1) is 5.92 Å². The van der Waals surface area contributed by atoms with Gasteiger partial charge in [-0.15, -0.1) is 0 Å². The molecule has 20 heavy (non-hydrogen) atoms. The number of hydrogen-bond acceptors (Lipinski definition) is 2. The maximum atomic E-state index is 13.1. The molecule has 1 aromatic carbocycles. The van der Waals surface area contributed by atoms with Gasteiger partial charge >= 0.3 is 6.18 Å². The Bertz CT molecular complexity index is 469. The largest absolute Gasteiger partial charge is 0.412 e. The van der Waals surface area contributed by atoms with Gasteiger partial charge in [-0.25, -0.2) is 0 Å². The molecule has 1 aliphatic rings. The summed E-state index contributed by atoms with van der Waals surface area (Å²) in [5.41, 5.74) is -0.0267. The van der Waals surface area contributed by atoms with Crippen molar-refractivity contribution in [3.8, 4) is 0 Å². The molecule has 0 radical (unpaired) electrons. The lowest BCUT2D eigenvalue weighted by Gasteiger charge is -2.23. The van der Waals surface area contributed by atoms with E-state index in [4.69, 9.17) is 11.6 Å². The second-order valence-electron chi connectivity index (χ2n) is 4.72. The van der Waals surface area contributed by atoms with Crippen LogP contribution in [-0.4, -0.2) is 25.2 Å². The van der Waals surface area contributed by atoms with Gasteiger partial charge in [0.1, 0.15) is 0 Å². The average molecular weight is 307 g/mol. The fourth-order valence-corrected chi connectivity index (χ4v) is 2.27. The summed E-state index contributed by atoms with van der Waals surface area (Å²) in [5.74, 6) is -0.987. The van der Waals surface area contributed by atoms with Crippen molar-refractivity contribution < 1.29 is 18.0 Å². The van der Waals surface area contributed by atoms with Crippen LogP contribution in [0.4, 0.5) is 13.2 Å². The molecule has 1 saturated heterocycles. The summed E-state index contributed by atoms with van der Waals surface area (Å²) in [6.07, 6.45) is -3.99. The summed E-state index contributed by atoms with van der Waals surface area (Å²) in [5, 5.41) is 5.39. The first-order valence-corrected chi connectivity index (χ1v) is 6.59. The quantitative estimate of drug-likeness (QED) is 0.901. The van der Waals surface area contributed by atoms with Gasteiger partial charge in [0.15, 0.2) is 6.04 Å². The number of halogens is 4. The minimum Gasteiger partial charge on any atom is -0.341 e. The van der Waals surface area contributed by atoms with E-state index >= 15 is 0 Å². The van der Waals surface area contributed by atoms with E-state index in [-0.39, 0.29) is 5.56 Å². The molecule has 7 heteroatoms. The van der Waals surface area contributed by atoms with Crippen LogP contribution in [0.5, 0.6) is 0 Å². The van der Waals surface area contributed by atoms with Gasteiger partial charge in [0, 0.05) is 11.6 Å². The van der Waals surface area contributed by atoms with Gasteiger partial charge in [0.2, 0.25) is 5.91 Å². The lowest BCUT2D eigenvalue weighted by Crippen LogP contribution is -2.41. The van der Waals surface area contributed by atoms with Crippen molar-refractivity contribution >= 4 is 17.5 Å². The molecule has 1 amide bonds. The number of rotatable bonds is 3. The van der Waals surface area contributed by atoms with E-state index in [0.29, 0.717) is 24.5 Å². The monoisotopic (exact) mass is 306 g/mol. The number of amides is 1. The van der Waals surface area contributed by atoms with Gasteiger partial charge in [-0.3, -0.25) is 4.79 Å². The summed E-state index contributed by atoms with van der Waals surface area (Å²) in [4.78, 5) is 11.9. The third-order valence-electron chi connectivity index (χ3n) is 3.25. The summed E-state index contributed by atoms with van der Waals surface area (Å²) < 4.78 is 39.3. The van der Waals surface area contributed by atoms with E-state index in [9.17, 15) is 18.0 Å². The van der Waals surface area contributed by atoms with E-state index in [2.05, 4.69) is 10.6 Å². The zero-order valence-corrected chi connectivity index (χ0v) is 11.3. The van der Waals surface area contributed by atoms with Gasteiger partial charge in [-0.2, -0.15) is 13.2 Å². The van der Waals surface area contributed by atoms with Gasteiger partial charge < -0.3 is 10.6 Å². The summed E-state index contributed by atoms with van der Waals surface area (Å²) in [7, 11) is 0. The van der Waals surface area contributed by atoms with Gasteiger partial charge in [0.25, 0.3) is 0 Å². The van der Waals surface area contributed by atoms with Gasteiger partial charge in [-0.1, -0.05) is 23.7 Å². The molecule has 1 aliphatic heterocycles. The van der Waals surface area contributed by atoms with E-state index in [1.807, 2.05) is 0 Å². The number of hydrogen-bond donors (Lipinski definition) is 2. The van der Waals surface area contributed by atoms with Crippen LogP contribution >= 0.6 is 11.6 Å². The van der Waals surface area contributed by atoms with Crippen molar-refractivity contribution in [3.63, 3.8) is 0 Å². The van der Waals surface area contributed by atoms with Crippen LogP contribution < -0.4 is 10.6 Å². The number of carbonyl (C=O) groups is 1. The molecule has 2 unspecified atom stereocenters. The Morgan fingerprint density at radius 3 is 2.50 bits per heavy atom. The highest BCUT2D eigenvalue weighted by atomic mass is 35.5. The molecular formula is C13H14ClF3N2O. The topological polar surface area (TPSA) is 41.1 Å². The lowest BCUT2D eigenvalue weighted by molar-refractivity contribution is -0.164.